The Hall–Kier alpha value is -2.15. The molecule has 1 aromatic heterocycles. The number of nitrogens with one attached hydrogen (secondary N) is 1. The van der Waals surface area contributed by atoms with Crippen molar-refractivity contribution in [3.8, 4) is 0 Å². The maximum absolute atomic E-state index is 12.3. The summed E-state index contributed by atoms with van der Waals surface area (Å²) in [6.07, 6.45) is 2.78. The number of sulfone groups is 1. The van der Waals surface area contributed by atoms with Crippen molar-refractivity contribution in [3.05, 3.63) is 41.6 Å². The zero-order valence-corrected chi connectivity index (χ0v) is 12.9. The van der Waals surface area contributed by atoms with Crippen molar-refractivity contribution < 1.29 is 13.2 Å². The first-order valence-corrected chi connectivity index (χ1v) is 8.36. The van der Waals surface area contributed by atoms with Crippen LogP contribution >= 0.6 is 0 Å². The molecular weight excluding hydrogens is 290 g/mol. The average Bonchev–Trinajstić information content (AvgIpc) is 2.79. The number of benzene rings is 1. The van der Waals surface area contributed by atoms with Crippen LogP contribution in [-0.2, 0) is 16.4 Å². The molecule has 1 N–H and O–H groups in total. The van der Waals surface area contributed by atoms with Gasteiger partial charge in [0.1, 0.15) is 5.82 Å². The molecule has 0 unspecified atom stereocenters. The Morgan fingerprint density at radius 2 is 2.10 bits per heavy atom. The minimum atomic E-state index is -3.34. The molecule has 2 aromatic rings. The van der Waals surface area contributed by atoms with Crippen molar-refractivity contribution in [2.24, 2.45) is 0 Å². The van der Waals surface area contributed by atoms with Crippen LogP contribution in [0.4, 0.5) is 5.82 Å². The molecule has 0 radical (unpaired) electrons. The molecule has 0 aliphatic carbocycles. The van der Waals surface area contributed by atoms with Crippen LogP contribution in [0.3, 0.4) is 0 Å². The van der Waals surface area contributed by atoms with Crippen LogP contribution in [0.1, 0.15) is 22.8 Å². The lowest BCUT2D eigenvalue weighted by atomic mass is 10.2. The van der Waals surface area contributed by atoms with Crippen LogP contribution in [0.5, 0.6) is 0 Å². The summed E-state index contributed by atoms with van der Waals surface area (Å²) >= 11 is 0. The zero-order chi connectivity index (χ0) is 15.6. The van der Waals surface area contributed by atoms with E-state index in [-0.39, 0.29) is 10.8 Å². The highest BCUT2D eigenvalue weighted by atomic mass is 32.2. The van der Waals surface area contributed by atoms with Gasteiger partial charge in [0.25, 0.3) is 5.91 Å². The van der Waals surface area contributed by atoms with Gasteiger partial charge in [-0.3, -0.25) is 4.79 Å². The van der Waals surface area contributed by atoms with E-state index in [1.807, 2.05) is 13.8 Å². The van der Waals surface area contributed by atoms with Crippen molar-refractivity contribution in [1.82, 2.24) is 9.78 Å². The normalized spacial score (nSPS) is 11.4. The molecule has 1 aromatic carbocycles. The lowest BCUT2D eigenvalue weighted by Gasteiger charge is -2.09. The Balaban J connectivity index is 2.31. The smallest absolute Gasteiger partial charge is 0.256 e. The Morgan fingerprint density at radius 1 is 1.38 bits per heavy atom. The van der Waals surface area contributed by atoms with Crippen molar-refractivity contribution in [3.63, 3.8) is 0 Å². The van der Waals surface area contributed by atoms with Crippen molar-refractivity contribution >= 4 is 21.6 Å². The third-order valence-electron chi connectivity index (χ3n) is 3.08. The largest absolute Gasteiger partial charge is 0.307 e. The van der Waals surface area contributed by atoms with Crippen LogP contribution in [-0.4, -0.2) is 30.4 Å². The first-order valence-electron chi connectivity index (χ1n) is 6.47. The second-order valence-electron chi connectivity index (χ2n) is 4.75. The highest BCUT2D eigenvalue weighted by molar-refractivity contribution is 7.90. The molecule has 7 heteroatoms. The summed E-state index contributed by atoms with van der Waals surface area (Å²) in [5, 5.41) is 6.92. The van der Waals surface area contributed by atoms with E-state index < -0.39 is 9.84 Å². The van der Waals surface area contributed by atoms with E-state index in [4.69, 9.17) is 0 Å². The first-order chi connectivity index (χ1) is 9.82. The highest BCUT2D eigenvalue weighted by Gasteiger charge is 2.14. The molecule has 112 valence electrons. The Bertz CT molecular complexity index is 779. The molecule has 0 saturated carbocycles. The van der Waals surface area contributed by atoms with E-state index in [0.29, 0.717) is 17.9 Å². The van der Waals surface area contributed by atoms with Gasteiger partial charge in [-0.15, -0.1) is 0 Å². The summed E-state index contributed by atoms with van der Waals surface area (Å²) in [5.41, 5.74) is 1.14. The molecule has 0 aliphatic heterocycles. The number of hydrogen-bond acceptors (Lipinski definition) is 4. The third-order valence-corrected chi connectivity index (χ3v) is 4.19. The maximum Gasteiger partial charge on any atom is 0.256 e. The Morgan fingerprint density at radius 3 is 2.71 bits per heavy atom. The van der Waals surface area contributed by atoms with E-state index in [1.165, 1.54) is 12.1 Å². The molecule has 0 saturated heterocycles. The molecular formula is C14H17N3O3S. The van der Waals surface area contributed by atoms with Gasteiger partial charge in [-0.05, 0) is 32.0 Å². The quantitative estimate of drug-likeness (QED) is 0.935. The molecule has 0 aliphatic rings. The van der Waals surface area contributed by atoms with E-state index in [0.717, 1.165) is 11.8 Å². The second kappa shape index (κ2) is 5.69. The van der Waals surface area contributed by atoms with Gasteiger partial charge in [0.05, 0.1) is 11.1 Å². The number of anilines is 1. The monoisotopic (exact) mass is 307 g/mol. The number of hydrogen-bond donors (Lipinski definition) is 1. The van der Waals surface area contributed by atoms with Gasteiger partial charge in [-0.2, -0.15) is 5.10 Å². The number of aryl methyl sites for hydroxylation is 2. The summed E-state index contributed by atoms with van der Waals surface area (Å²) < 4.78 is 24.7. The Kier molecular flexibility index (Phi) is 4.13. The SMILES string of the molecule is CCn1ncc(C)c1NC(=O)c1cccc(S(C)(=O)=O)c1. The van der Waals surface area contributed by atoms with Crippen LogP contribution in [0.15, 0.2) is 35.4 Å². The van der Waals surface area contributed by atoms with Gasteiger partial charge in [0.15, 0.2) is 9.84 Å². The summed E-state index contributed by atoms with van der Waals surface area (Å²) in [7, 11) is -3.34. The van der Waals surface area contributed by atoms with Gasteiger partial charge in [0, 0.05) is 23.9 Å². The molecule has 1 amide bonds. The fourth-order valence-electron chi connectivity index (χ4n) is 1.93. The van der Waals surface area contributed by atoms with Crippen molar-refractivity contribution in [2.45, 2.75) is 25.3 Å². The number of carbonyl (C=O) groups excluding carboxylic acids is 1. The summed E-state index contributed by atoms with van der Waals surface area (Å²) in [6, 6.07) is 5.96. The fraction of sp³-hybridized carbons (Fsp3) is 0.286. The molecule has 1 heterocycles. The van der Waals surface area contributed by atoms with Crippen molar-refractivity contribution in [1.29, 1.82) is 0 Å². The topological polar surface area (TPSA) is 81.1 Å². The van der Waals surface area contributed by atoms with E-state index in [1.54, 1.807) is 23.0 Å². The van der Waals surface area contributed by atoms with Crippen LogP contribution in [0.2, 0.25) is 0 Å². The molecule has 0 atom stereocenters. The van der Waals surface area contributed by atoms with Gasteiger partial charge in [-0.1, -0.05) is 6.07 Å². The number of rotatable bonds is 4. The zero-order valence-electron chi connectivity index (χ0n) is 12.1. The number of aromatic nitrogens is 2. The van der Waals surface area contributed by atoms with Crippen molar-refractivity contribution in [2.75, 3.05) is 11.6 Å². The number of amides is 1. The fourth-order valence-corrected chi connectivity index (χ4v) is 2.60. The van der Waals surface area contributed by atoms with Gasteiger partial charge < -0.3 is 5.32 Å². The number of carbonyl (C=O) groups is 1. The maximum atomic E-state index is 12.3. The van der Waals surface area contributed by atoms with E-state index in [2.05, 4.69) is 10.4 Å². The molecule has 21 heavy (non-hydrogen) atoms. The molecule has 0 fully saturated rings. The summed E-state index contributed by atoms with van der Waals surface area (Å²) in [5.74, 6) is 0.256. The third kappa shape index (κ3) is 3.30. The van der Waals surface area contributed by atoms with Gasteiger partial charge in [0.2, 0.25) is 0 Å². The van der Waals surface area contributed by atoms with E-state index in [9.17, 15) is 13.2 Å². The predicted molar refractivity (Wildman–Crippen MR) is 80.1 cm³/mol. The Labute approximate surface area is 123 Å². The first kappa shape index (κ1) is 15.2. The standard InChI is InChI=1S/C14H17N3O3S/c1-4-17-13(10(2)9-15-17)16-14(18)11-6-5-7-12(8-11)21(3,19)20/h5-9H,4H2,1-3H3,(H,16,18). The predicted octanol–water partition coefficient (Wildman–Crippen LogP) is 1.87. The minimum Gasteiger partial charge on any atom is -0.307 e. The van der Waals surface area contributed by atoms with Crippen LogP contribution < -0.4 is 5.32 Å². The molecule has 6 nitrogen and oxygen atoms in total. The summed E-state index contributed by atoms with van der Waals surface area (Å²) in [6.45, 7) is 4.40. The highest BCUT2D eigenvalue weighted by Crippen LogP contribution is 2.17. The van der Waals surface area contributed by atoms with Gasteiger partial charge in [-0.25, -0.2) is 13.1 Å². The number of nitrogens with zero attached hydrogens (tertiary/aromatic N) is 2. The average molecular weight is 307 g/mol. The molecule has 0 spiro atoms. The minimum absolute atomic E-state index is 0.121. The summed E-state index contributed by atoms with van der Waals surface area (Å²) in [4.78, 5) is 12.4. The van der Waals surface area contributed by atoms with Gasteiger partial charge >= 0.3 is 0 Å². The molecule has 0 bridgehead atoms. The second-order valence-corrected chi connectivity index (χ2v) is 6.76. The van der Waals surface area contributed by atoms with Crippen LogP contribution in [0, 0.1) is 6.92 Å². The molecule has 2 rings (SSSR count). The lowest BCUT2D eigenvalue weighted by molar-refractivity contribution is 0.102. The van der Waals surface area contributed by atoms with Crippen LogP contribution in [0.25, 0.3) is 0 Å². The lowest BCUT2D eigenvalue weighted by Crippen LogP contribution is -2.16. The van der Waals surface area contributed by atoms with E-state index >= 15 is 0 Å².